The van der Waals surface area contributed by atoms with Gasteiger partial charge in [0.2, 0.25) is 0 Å². The van der Waals surface area contributed by atoms with Crippen LogP contribution in [0, 0.1) is 0 Å². The Kier molecular flexibility index (Phi) is 4.33. The molecule has 0 saturated heterocycles. The average molecular weight is 279 g/mol. The van der Waals surface area contributed by atoms with Crippen molar-refractivity contribution in [3.05, 3.63) is 72.3 Å². The summed E-state index contributed by atoms with van der Waals surface area (Å²) in [6.45, 7) is 1.58. The van der Waals surface area contributed by atoms with E-state index in [9.17, 15) is 0 Å². The maximum Gasteiger partial charge on any atom is 0.0969 e. The van der Waals surface area contributed by atoms with Crippen LogP contribution in [0.4, 0.5) is 0 Å². The van der Waals surface area contributed by atoms with Crippen LogP contribution in [-0.4, -0.2) is 26.5 Å². The van der Waals surface area contributed by atoms with Crippen LogP contribution in [-0.2, 0) is 13.0 Å². The molecule has 5 nitrogen and oxygen atoms in total. The van der Waals surface area contributed by atoms with Crippen LogP contribution < -0.4 is 5.32 Å². The van der Waals surface area contributed by atoms with Crippen molar-refractivity contribution in [2.75, 3.05) is 6.54 Å². The molecule has 5 heteroatoms. The van der Waals surface area contributed by atoms with Gasteiger partial charge in [-0.2, -0.15) is 15.0 Å². The first-order valence-electron chi connectivity index (χ1n) is 6.99. The van der Waals surface area contributed by atoms with Gasteiger partial charge in [-0.1, -0.05) is 24.3 Å². The zero-order chi connectivity index (χ0) is 14.3. The Hall–Kier alpha value is -2.53. The van der Waals surface area contributed by atoms with Crippen molar-refractivity contribution in [1.82, 2.24) is 25.3 Å². The summed E-state index contributed by atoms with van der Waals surface area (Å²) >= 11 is 0. The molecule has 106 valence electrons. The maximum atomic E-state index is 4.45. The van der Waals surface area contributed by atoms with Crippen molar-refractivity contribution in [3.8, 4) is 5.69 Å². The van der Waals surface area contributed by atoms with E-state index in [4.69, 9.17) is 0 Å². The number of para-hydroxylation sites is 1. The Morgan fingerprint density at radius 3 is 2.62 bits per heavy atom. The van der Waals surface area contributed by atoms with E-state index in [1.807, 2.05) is 54.7 Å². The monoisotopic (exact) mass is 279 g/mol. The van der Waals surface area contributed by atoms with Crippen LogP contribution in [0.25, 0.3) is 5.69 Å². The standard InChI is InChI=1S/C16H17N5/c1-2-7-16(8-3-1)21-19-13-15(20-21)12-17-11-9-14-6-4-5-10-18-14/h1-8,10,13,17H,9,11-12H2. The minimum atomic E-state index is 0.708. The van der Waals surface area contributed by atoms with Crippen LogP contribution in [0.5, 0.6) is 0 Å². The van der Waals surface area contributed by atoms with Crippen molar-refractivity contribution in [1.29, 1.82) is 0 Å². The molecule has 0 atom stereocenters. The smallest absolute Gasteiger partial charge is 0.0969 e. The average Bonchev–Trinajstić information content (AvgIpc) is 3.02. The van der Waals surface area contributed by atoms with Crippen LogP contribution in [0.3, 0.4) is 0 Å². The van der Waals surface area contributed by atoms with Gasteiger partial charge in [-0.05, 0) is 24.3 Å². The molecule has 0 saturated carbocycles. The highest BCUT2D eigenvalue weighted by molar-refractivity contribution is 5.28. The van der Waals surface area contributed by atoms with Gasteiger partial charge in [0.05, 0.1) is 17.6 Å². The fourth-order valence-electron chi connectivity index (χ4n) is 2.04. The highest BCUT2D eigenvalue weighted by atomic mass is 15.5. The largest absolute Gasteiger partial charge is 0.311 e. The number of pyridine rings is 1. The lowest BCUT2D eigenvalue weighted by Gasteiger charge is -2.02. The van der Waals surface area contributed by atoms with E-state index in [-0.39, 0.29) is 0 Å². The lowest BCUT2D eigenvalue weighted by atomic mass is 10.3. The molecule has 3 rings (SSSR count). The second kappa shape index (κ2) is 6.76. The molecule has 0 radical (unpaired) electrons. The molecule has 0 bridgehead atoms. The predicted molar refractivity (Wildman–Crippen MR) is 81.0 cm³/mol. The van der Waals surface area contributed by atoms with E-state index in [1.165, 1.54) is 0 Å². The molecule has 2 aromatic heterocycles. The van der Waals surface area contributed by atoms with E-state index in [2.05, 4.69) is 20.5 Å². The molecule has 0 aliphatic rings. The number of rotatable bonds is 6. The van der Waals surface area contributed by atoms with Crippen molar-refractivity contribution < 1.29 is 0 Å². The summed E-state index contributed by atoms with van der Waals surface area (Å²) in [4.78, 5) is 5.94. The highest BCUT2D eigenvalue weighted by Gasteiger charge is 2.02. The van der Waals surface area contributed by atoms with Crippen molar-refractivity contribution in [2.45, 2.75) is 13.0 Å². The van der Waals surface area contributed by atoms with Gasteiger partial charge in [-0.25, -0.2) is 0 Å². The number of aromatic nitrogens is 4. The summed E-state index contributed by atoms with van der Waals surface area (Å²) in [5, 5.41) is 12.1. The summed E-state index contributed by atoms with van der Waals surface area (Å²) in [6.07, 6.45) is 4.52. The Labute approximate surface area is 123 Å². The first-order chi connectivity index (χ1) is 10.4. The minimum absolute atomic E-state index is 0.708. The number of hydrogen-bond donors (Lipinski definition) is 1. The fraction of sp³-hybridized carbons (Fsp3) is 0.188. The second-order valence-corrected chi connectivity index (χ2v) is 4.71. The third kappa shape index (κ3) is 3.73. The van der Waals surface area contributed by atoms with Gasteiger partial charge < -0.3 is 5.32 Å². The zero-order valence-corrected chi connectivity index (χ0v) is 11.7. The van der Waals surface area contributed by atoms with Gasteiger partial charge in [0, 0.05) is 31.4 Å². The van der Waals surface area contributed by atoms with Gasteiger partial charge in [0.15, 0.2) is 0 Å². The Balaban J connectivity index is 1.49. The number of hydrogen-bond acceptors (Lipinski definition) is 4. The summed E-state index contributed by atoms with van der Waals surface area (Å²) in [5.74, 6) is 0. The molecule has 1 aromatic carbocycles. The first kappa shape index (κ1) is 13.5. The van der Waals surface area contributed by atoms with Crippen LogP contribution in [0.1, 0.15) is 11.4 Å². The summed E-state index contributed by atoms with van der Waals surface area (Å²) in [5.41, 5.74) is 3.00. The normalized spacial score (nSPS) is 10.7. The number of nitrogens with one attached hydrogen (secondary N) is 1. The van der Waals surface area contributed by atoms with Gasteiger partial charge in [0.25, 0.3) is 0 Å². The third-order valence-electron chi connectivity index (χ3n) is 3.12. The van der Waals surface area contributed by atoms with Gasteiger partial charge >= 0.3 is 0 Å². The lowest BCUT2D eigenvalue weighted by Crippen LogP contribution is -2.17. The molecule has 1 N–H and O–H groups in total. The number of benzene rings is 1. The topological polar surface area (TPSA) is 55.6 Å². The second-order valence-electron chi connectivity index (χ2n) is 4.71. The Morgan fingerprint density at radius 1 is 0.952 bits per heavy atom. The van der Waals surface area contributed by atoms with Gasteiger partial charge in [-0.3, -0.25) is 4.98 Å². The quantitative estimate of drug-likeness (QED) is 0.701. The van der Waals surface area contributed by atoms with E-state index in [1.54, 1.807) is 11.0 Å². The Morgan fingerprint density at radius 2 is 1.81 bits per heavy atom. The van der Waals surface area contributed by atoms with Crippen molar-refractivity contribution in [2.24, 2.45) is 0 Å². The van der Waals surface area contributed by atoms with Gasteiger partial charge in [0.1, 0.15) is 0 Å². The SMILES string of the molecule is c1ccc(-n2ncc(CNCCc3ccccn3)n2)cc1. The number of nitrogens with zero attached hydrogens (tertiary/aromatic N) is 4. The van der Waals surface area contributed by atoms with Crippen molar-refractivity contribution in [3.63, 3.8) is 0 Å². The van der Waals surface area contributed by atoms with Crippen LogP contribution in [0.15, 0.2) is 60.9 Å². The van der Waals surface area contributed by atoms with E-state index in [0.717, 1.165) is 30.0 Å². The molecule has 0 unspecified atom stereocenters. The first-order valence-corrected chi connectivity index (χ1v) is 6.99. The lowest BCUT2D eigenvalue weighted by molar-refractivity contribution is 0.655. The molecule has 0 amide bonds. The molecule has 2 heterocycles. The molecule has 3 aromatic rings. The molecular formula is C16H17N5. The van der Waals surface area contributed by atoms with Crippen LogP contribution in [0.2, 0.25) is 0 Å². The zero-order valence-electron chi connectivity index (χ0n) is 11.7. The maximum absolute atomic E-state index is 4.45. The molecule has 0 aliphatic carbocycles. The molecule has 21 heavy (non-hydrogen) atoms. The van der Waals surface area contributed by atoms with E-state index < -0.39 is 0 Å². The fourth-order valence-corrected chi connectivity index (χ4v) is 2.04. The molecule has 0 fully saturated rings. The minimum Gasteiger partial charge on any atom is -0.311 e. The van der Waals surface area contributed by atoms with Gasteiger partial charge in [-0.15, -0.1) is 0 Å². The van der Waals surface area contributed by atoms with Crippen LogP contribution >= 0.6 is 0 Å². The van der Waals surface area contributed by atoms with Crippen molar-refractivity contribution >= 4 is 0 Å². The molecule has 0 spiro atoms. The summed E-state index contributed by atoms with van der Waals surface area (Å²) in [7, 11) is 0. The Bertz CT molecular complexity index is 663. The van der Waals surface area contributed by atoms with E-state index in [0.29, 0.717) is 6.54 Å². The summed E-state index contributed by atoms with van der Waals surface area (Å²) in [6, 6.07) is 15.9. The van der Waals surface area contributed by atoms with E-state index >= 15 is 0 Å². The highest BCUT2D eigenvalue weighted by Crippen LogP contribution is 2.04. The molecule has 0 aliphatic heterocycles. The molecular weight excluding hydrogens is 262 g/mol. The summed E-state index contributed by atoms with van der Waals surface area (Å²) < 4.78 is 0. The predicted octanol–water partition coefficient (Wildman–Crippen LogP) is 1.99. The third-order valence-corrected chi connectivity index (χ3v) is 3.12.